The summed E-state index contributed by atoms with van der Waals surface area (Å²) in [6.45, 7) is 2.52. The third-order valence-electron chi connectivity index (χ3n) is 1.99. The molecule has 1 N–H and O–H groups in total. The van der Waals surface area contributed by atoms with Crippen LogP contribution >= 0.6 is 10.7 Å². The number of rotatable bonds is 1. The Morgan fingerprint density at radius 3 is 3.07 bits per heavy atom. The van der Waals surface area contributed by atoms with Crippen molar-refractivity contribution in [2.24, 2.45) is 0 Å². The van der Waals surface area contributed by atoms with E-state index in [1.165, 1.54) is 12.3 Å². The molecule has 82 valence electrons. The first kappa shape index (κ1) is 10.5. The lowest BCUT2D eigenvalue weighted by molar-refractivity contribution is 0.224. The molecule has 1 unspecified atom stereocenters. The van der Waals surface area contributed by atoms with Gasteiger partial charge in [0.25, 0.3) is 9.05 Å². The molecule has 0 aliphatic carbocycles. The van der Waals surface area contributed by atoms with Crippen LogP contribution in [0.1, 0.15) is 6.92 Å². The van der Waals surface area contributed by atoms with Crippen molar-refractivity contribution in [2.75, 3.05) is 11.9 Å². The van der Waals surface area contributed by atoms with Gasteiger partial charge in [-0.2, -0.15) is 0 Å². The molecule has 5 nitrogen and oxygen atoms in total. The van der Waals surface area contributed by atoms with E-state index in [1.807, 2.05) is 6.92 Å². The summed E-state index contributed by atoms with van der Waals surface area (Å²) in [5.41, 5.74) is 0. The van der Waals surface area contributed by atoms with Gasteiger partial charge >= 0.3 is 0 Å². The molecule has 0 bridgehead atoms. The number of halogens is 1. The molecule has 0 spiro atoms. The van der Waals surface area contributed by atoms with Crippen LogP contribution in [0.5, 0.6) is 5.75 Å². The predicted molar refractivity (Wildman–Crippen MR) is 55.9 cm³/mol. The number of hydrogen-bond donors (Lipinski definition) is 1. The summed E-state index contributed by atoms with van der Waals surface area (Å²) >= 11 is 0. The van der Waals surface area contributed by atoms with Crippen LogP contribution in [-0.2, 0) is 9.05 Å². The van der Waals surface area contributed by atoms with E-state index in [0.29, 0.717) is 18.1 Å². The number of anilines is 1. The molecule has 1 aliphatic heterocycles. The molecule has 1 aromatic rings. The first-order chi connectivity index (χ1) is 6.97. The second-order valence-corrected chi connectivity index (χ2v) is 5.83. The zero-order valence-electron chi connectivity index (χ0n) is 7.90. The highest BCUT2D eigenvalue weighted by molar-refractivity contribution is 8.13. The van der Waals surface area contributed by atoms with Crippen LogP contribution < -0.4 is 10.1 Å². The van der Waals surface area contributed by atoms with Crippen molar-refractivity contribution in [2.45, 2.75) is 17.9 Å². The van der Waals surface area contributed by atoms with E-state index in [0.717, 1.165) is 0 Å². The number of hydrogen-bond acceptors (Lipinski definition) is 5. The number of aromatic nitrogens is 1. The van der Waals surface area contributed by atoms with Gasteiger partial charge in [-0.15, -0.1) is 0 Å². The van der Waals surface area contributed by atoms with Crippen molar-refractivity contribution in [3.8, 4) is 5.75 Å². The monoisotopic (exact) mass is 248 g/mol. The van der Waals surface area contributed by atoms with Crippen LogP contribution in [0.15, 0.2) is 17.2 Å². The minimum absolute atomic E-state index is 0.0208. The normalized spacial score (nSPS) is 20.0. The zero-order valence-corrected chi connectivity index (χ0v) is 9.47. The summed E-state index contributed by atoms with van der Waals surface area (Å²) in [5, 5.41) is 3.02. The molecule has 2 rings (SSSR count). The van der Waals surface area contributed by atoms with E-state index >= 15 is 0 Å². The van der Waals surface area contributed by atoms with Crippen LogP contribution in [0.3, 0.4) is 0 Å². The van der Waals surface area contributed by atoms with Crippen molar-refractivity contribution in [1.29, 1.82) is 0 Å². The second kappa shape index (κ2) is 3.53. The highest BCUT2D eigenvalue weighted by Crippen LogP contribution is 2.29. The maximum absolute atomic E-state index is 11.0. The Labute approximate surface area is 91.8 Å². The van der Waals surface area contributed by atoms with Crippen LogP contribution in [0.25, 0.3) is 0 Å². The lowest BCUT2D eigenvalue weighted by Gasteiger charge is -2.23. The van der Waals surface area contributed by atoms with E-state index in [2.05, 4.69) is 10.3 Å². The minimum atomic E-state index is -3.75. The molecule has 0 saturated heterocycles. The van der Waals surface area contributed by atoms with E-state index in [1.54, 1.807) is 0 Å². The van der Waals surface area contributed by atoms with E-state index in [-0.39, 0.29) is 11.0 Å². The van der Waals surface area contributed by atoms with Crippen molar-refractivity contribution >= 4 is 25.6 Å². The number of nitrogens with zero attached hydrogens (tertiary/aromatic N) is 1. The topological polar surface area (TPSA) is 68.3 Å². The highest BCUT2D eigenvalue weighted by atomic mass is 35.7. The third-order valence-corrected chi connectivity index (χ3v) is 3.32. The summed E-state index contributed by atoms with van der Waals surface area (Å²) < 4.78 is 27.5. The molecule has 0 aromatic carbocycles. The van der Waals surface area contributed by atoms with Crippen LogP contribution in [-0.4, -0.2) is 26.1 Å². The van der Waals surface area contributed by atoms with Gasteiger partial charge in [0, 0.05) is 22.9 Å². The van der Waals surface area contributed by atoms with Crippen molar-refractivity contribution in [1.82, 2.24) is 4.98 Å². The molecule has 0 amide bonds. The van der Waals surface area contributed by atoms with E-state index < -0.39 is 9.05 Å². The maximum atomic E-state index is 11.0. The van der Waals surface area contributed by atoms with Crippen LogP contribution in [0, 0.1) is 0 Å². The lowest BCUT2D eigenvalue weighted by atomic mass is 10.3. The molecular formula is C8H9ClN2O3S. The Hall–Kier alpha value is -1.01. The van der Waals surface area contributed by atoms with Gasteiger partial charge in [-0.05, 0) is 6.92 Å². The third kappa shape index (κ3) is 2.15. The molecule has 1 aliphatic rings. The zero-order chi connectivity index (χ0) is 11.1. The van der Waals surface area contributed by atoms with Crippen LogP contribution in [0.2, 0.25) is 0 Å². The predicted octanol–water partition coefficient (Wildman–Crippen LogP) is 1.20. The van der Waals surface area contributed by atoms with Gasteiger partial charge in [0.15, 0.2) is 11.6 Å². The van der Waals surface area contributed by atoms with Gasteiger partial charge in [0.2, 0.25) is 0 Å². The Bertz CT molecular complexity index is 489. The smallest absolute Gasteiger partial charge is 0.262 e. The van der Waals surface area contributed by atoms with E-state index in [4.69, 9.17) is 15.4 Å². The van der Waals surface area contributed by atoms with Crippen molar-refractivity contribution in [3.05, 3.63) is 12.3 Å². The number of ether oxygens (including phenoxy) is 1. The largest absolute Gasteiger partial charge is 0.485 e. The Morgan fingerprint density at radius 1 is 1.67 bits per heavy atom. The van der Waals surface area contributed by atoms with Gasteiger partial charge in [0.05, 0.1) is 6.54 Å². The molecule has 7 heteroatoms. The van der Waals surface area contributed by atoms with Gasteiger partial charge in [-0.1, -0.05) is 0 Å². The number of nitrogens with one attached hydrogen (secondary N) is 1. The summed E-state index contributed by atoms with van der Waals surface area (Å²) in [7, 11) is 1.44. The average Bonchev–Trinajstić information content (AvgIpc) is 2.15. The molecule has 15 heavy (non-hydrogen) atoms. The first-order valence-electron chi connectivity index (χ1n) is 4.32. The Kier molecular flexibility index (Phi) is 2.47. The van der Waals surface area contributed by atoms with Gasteiger partial charge in [-0.3, -0.25) is 0 Å². The summed E-state index contributed by atoms with van der Waals surface area (Å²) in [6.07, 6.45) is 1.18. The van der Waals surface area contributed by atoms with Gasteiger partial charge in [0.1, 0.15) is 11.0 Å². The Morgan fingerprint density at radius 2 is 2.40 bits per heavy atom. The standard InChI is InChI=1S/C8H9ClN2O3S/c1-5-3-10-8-7(14-5)2-6(4-11-8)15(9,12)13/h2,4-5H,3H2,1H3,(H,10,11). The number of fused-ring (bicyclic) bond motifs is 1. The quantitative estimate of drug-likeness (QED) is 0.757. The molecule has 1 aromatic heterocycles. The maximum Gasteiger partial charge on any atom is 0.262 e. The fourth-order valence-electron chi connectivity index (χ4n) is 1.28. The minimum Gasteiger partial charge on any atom is -0.485 e. The summed E-state index contributed by atoms with van der Waals surface area (Å²) in [6, 6.07) is 1.37. The van der Waals surface area contributed by atoms with Crippen molar-refractivity contribution < 1.29 is 13.2 Å². The van der Waals surface area contributed by atoms with Gasteiger partial charge in [-0.25, -0.2) is 13.4 Å². The summed E-state index contributed by atoms with van der Waals surface area (Å²) in [5.74, 6) is 0.952. The SMILES string of the molecule is CC1CNc2ncc(S(=O)(=O)Cl)cc2O1. The van der Waals surface area contributed by atoms with E-state index in [9.17, 15) is 8.42 Å². The highest BCUT2D eigenvalue weighted by Gasteiger charge is 2.20. The fraction of sp³-hybridized carbons (Fsp3) is 0.375. The molecular weight excluding hydrogens is 240 g/mol. The first-order valence-corrected chi connectivity index (χ1v) is 6.63. The van der Waals surface area contributed by atoms with Crippen molar-refractivity contribution in [3.63, 3.8) is 0 Å². The molecule has 0 saturated carbocycles. The molecule has 0 radical (unpaired) electrons. The molecule has 2 heterocycles. The average molecular weight is 249 g/mol. The van der Waals surface area contributed by atoms with Gasteiger partial charge < -0.3 is 10.1 Å². The Balaban J connectivity index is 2.46. The fourth-order valence-corrected chi connectivity index (χ4v) is 1.96. The number of pyridine rings is 1. The molecule has 1 atom stereocenters. The molecule has 0 fully saturated rings. The lowest BCUT2D eigenvalue weighted by Crippen LogP contribution is -2.28. The van der Waals surface area contributed by atoms with Crippen LogP contribution in [0.4, 0.5) is 5.82 Å². The second-order valence-electron chi connectivity index (χ2n) is 3.26. The summed E-state index contributed by atoms with van der Waals surface area (Å²) in [4.78, 5) is 3.86.